The van der Waals surface area contributed by atoms with Crippen LogP contribution in [-0.2, 0) is 11.2 Å². The summed E-state index contributed by atoms with van der Waals surface area (Å²) in [6.45, 7) is 2.89. The van der Waals surface area contributed by atoms with Crippen molar-refractivity contribution in [1.82, 2.24) is 15.0 Å². The number of hydrogen-bond donors (Lipinski definition) is 1. The van der Waals surface area contributed by atoms with Crippen molar-refractivity contribution in [3.8, 4) is 0 Å². The second kappa shape index (κ2) is 9.63. The maximum Gasteiger partial charge on any atom is 0.227 e. The SMILES string of the molecule is O=C(Cc1ccnc(Nc2cc(C3CC3)nc(N3CCOCC3)n2)c1)c1c(Cl)cccc1Cl. The number of aromatic nitrogens is 3. The first-order valence-electron chi connectivity index (χ1n) is 11.0. The van der Waals surface area contributed by atoms with E-state index in [4.69, 9.17) is 37.9 Å². The Balaban J connectivity index is 1.36. The zero-order valence-electron chi connectivity index (χ0n) is 17.9. The fourth-order valence-corrected chi connectivity index (χ4v) is 4.44. The van der Waals surface area contributed by atoms with Crippen molar-refractivity contribution in [3.63, 3.8) is 0 Å². The number of anilines is 3. The molecule has 3 heterocycles. The lowest BCUT2D eigenvalue weighted by molar-refractivity contribution is 0.0993. The molecule has 9 heteroatoms. The Labute approximate surface area is 202 Å². The van der Waals surface area contributed by atoms with Crippen molar-refractivity contribution in [2.75, 3.05) is 36.5 Å². The lowest BCUT2D eigenvalue weighted by atomic mass is 10.0. The van der Waals surface area contributed by atoms with E-state index in [1.165, 1.54) is 0 Å². The smallest absolute Gasteiger partial charge is 0.227 e. The number of ketones is 1. The Hall–Kier alpha value is -2.74. The van der Waals surface area contributed by atoms with E-state index in [0.717, 1.165) is 37.2 Å². The third-order valence-corrected chi connectivity index (χ3v) is 6.34. The van der Waals surface area contributed by atoms with E-state index in [1.54, 1.807) is 24.4 Å². The summed E-state index contributed by atoms with van der Waals surface area (Å²) in [6, 6.07) is 10.7. The third-order valence-electron chi connectivity index (χ3n) is 5.71. The summed E-state index contributed by atoms with van der Waals surface area (Å²) in [6.07, 6.45) is 4.14. The van der Waals surface area contributed by atoms with Gasteiger partial charge >= 0.3 is 0 Å². The molecular formula is C24H23Cl2N5O2. The quantitative estimate of drug-likeness (QED) is 0.470. The highest BCUT2D eigenvalue weighted by atomic mass is 35.5. The molecule has 0 spiro atoms. The molecule has 2 aromatic heterocycles. The second-order valence-electron chi connectivity index (χ2n) is 8.22. The van der Waals surface area contributed by atoms with E-state index < -0.39 is 0 Å². The Morgan fingerprint density at radius 2 is 1.82 bits per heavy atom. The van der Waals surface area contributed by atoms with Gasteiger partial charge in [-0.1, -0.05) is 29.3 Å². The van der Waals surface area contributed by atoms with Crippen LogP contribution in [0.4, 0.5) is 17.6 Å². The number of nitrogens with one attached hydrogen (secondary N) is 1. The van der Waals surface area contributed by atoms with Crippen LogP contribution in [0.25, 0.3) is 0 Å². The predicted molar refractivity (Wildman–Crippen MR) is 129 cm³/mol. The van der Waals surface area contributed by atoms with Gasteiger partial charge in [0.15, 0.2) is 5.78 Å². The summed E-state index contributed by atoms with van der Waals surface area (Å²) in [7, 11) is 0. The summed E-state index contributed by atoms with van der Waals surface area (Å²) in [4.78, 5) is 28.9. The molecular weight excluding hydrogens is 461 g/mol. The van der Waals surface area contributed by atoms with Crippen molar-refractivity contribution in [2.45, 2.75) is 25.2 Å². The first kappa shape index (κ1) is 22.1. The minimum Gasteiger partial charge on any atom is -0.378 e. The fraction of sp³-hybridized carbons (Fsp3) is 0.333. The first-order valence-corrected chi connectivity index (χ1v) is 11.7. The monoisotopic (exact) mass is 483 g/mol. The maximum absolute atomic E-state index is 12.8. The number of hydrogen-bond acceptors (Lipinski definition) is 7. The number of rotatable bonds is 7. The van der Waals surface area contributed by atoms with Crippen molar-refractivity contribution in [3.05, 3.63) is 69.5 Å². The molecule has 1 saturated carbocycles. The Morgan fingerprint density at radius 1 is 1.06 bits per heavy atom. The third kappa shape index (κ3) is 5.27. The second-order valence-corrected chi connectivity index (χ2v) is 9.04. The minimum absolute atomic E-state index is 0.143. The molecule has 3 aromatic rings. The van der Waals surface area contributed by atoms with E-state index >= 15 is 0 Å². The zero-order valence-corrected chi connectivity index (χ0v) is 19.4. The predicted octanol–water partition coefficient (Wildman–Crippen LogP) is 5.06. The first-order chi connectivity index (χ1) is 16.1. The number of benzene rings is 1. The van der Waals surface area contributed by atoms with Gasteiger partial charge in [-0.15, -0.1) is 0 Å². The molecule has 5 rings (SSSR count). The summed E-state index contributed by atoms with van der Waals surface area (Å²) < 4.78 is 5.46. The van der Waals surface area contributed by atoms with Crippen LogP contribution in [-0.4, -0.2) is 47.0 Å². The van der Waals surface area contributed by atoms with Crippen molar-refractivity contribution in [1.29, 1.82) is 0 Å². The van der Waals surface area contributed by atoms with Gasteiger partial charge in [0.25, 0.3) is 0 Å². The van der Waals surface area contributed by atoms with Crippen LogP contribution in [0.3, 0.4) is 0 Å². The highest BCUT2D eigenvalue weighted by Gasteiger charge is 2.27. The molecule has 2 aliphatic rings. The average Bonchev–Trinajstić information content (AvgIpc) is 3.65. The van der Waals surface area contributed by atoms with Crippen LogP contribution in [0.5, 0.6) is 0 Å². The van der Waals surface area contributed by atoms with E-state index in [2.05, 4.69) is 15.2 Å². The minimum atomic E-state index is -0.143. The lowest BCUT2D eigenvalue weighted by Gasteiger charge is -2.27. The molecule has 0 radical (unpaired) electrons. The van der Waals surface area contributed by atoms with Gasteiger partial charge in [-0.25, -0.2) is 9.97 Å². The van der Waals surface area contributed by atoms with Crippen LogP contribution in [0.1, 0.15) is 40.4 Å². The van der Waals surface area contributed by atoms with Gasteiger partial charge in [0.1, 0.15) is 11.6 Å². The van der Waals surface area contributed by atoms with Crippen molar-refractivity contribution in [2.24, 2.45) is 0 Å². The van der Waals surface area contributed by atoms with E-state index in [0.29, 0.717) is 52.3 Å². The number of Topliss-reactive ketones (excluding diaryl/α,β-unsaturated/α-hetero) is 1. The molecule has 1 aliphatic carbocycles. The van der Waals surface area contributed by atoms with Gasteiger partial charge in [-0.2, -0.15) is 4.98 Å². The number of halogens is 2. The highest BCUT2D eigenvalue weighted by Crippen LogP contribution is 2.40. The number of pyridine rings is 1. The van der Waals surface area contributed by atoms with Crippen molar-refractivity contribution >= 4 is 46.6 Å². The van der Waals surface area contributed by atoms with Gasteiger partial charge in [-0.05, 0) is 42.7 Å². The lowest BCUT2D eigenvalue weighted by Crippen LogP contribution is -2.37. The molecule has 1 saturated heterocycles. The molecule has 0 unspecified atom stereocenters. The average molecular weight is 484 g/mol. The summed E-state index contributed by atoms with van der Waals surface area (Å²) >= 11 is 12.4. The molecule has 0 atom stereocenters. The molecule has 7 nitrogen and oxygen atoms in total. The summed E-state index contributed by atoms with van der Waals surface area (Å²) in [5, 5.41) is 4.00. The molecule has 1 aromatic carbocycles. The molecule has 0 bridgehead atoms. The number of ether oxygens (including phenoxy) is 1. The fourth-order valence-electron chi connectivity index (χ4n) is 3.83. The van der Waals surface area contributed by atoms with Gasteiger partial charge in [0, 0.05) is 37.7 Å². The van der Waals surface area contributed by atoms with E-state index in [9.17, 15) is 4.79 Å². The van der Waals surface area contributed by atoms with Crippen LogP contribution >= 0.6 is 23.2 Å². The van der Waals surface area contributed by atoms with Crippen LogP contribution in [0.2, 0.25) is 10.0 Å². The van der Waals surface area contributed by atoms with Gasteiger partial charge in [0.2, 0.25) is 5.95 Å². The zero-order chi connectivity index (χ0) is 22.8. The van der Waals surface area contributed by atoms with Crippen LogP contribution in [0.15, 0.2) is 42.6 Å². The normalized spacial score (nSPS) is 16.0. The Bertz CT molecular complexity index is 1160. The molecule has 33 heavy (non-hydrogen) atoms. The summed E-state index contributed by atoms with van der Waals surface area (Å²) in [5.41, 5.74) is 2.19. The topological polar surface area (TPSA) is 80.2 Å². The molecule has 2 fully saturated rings. The van der Waals surface area contributed by atoms with Gasteiger partial charge < -0.3 is 15.0 Å². The van der Waals surface area contributed by atoms with Gasteiger partial charge in [-0.3, -0.25) is 4.79 Å². The number of carbonyl (C=O) groups excluding carboxylic acids is 1. The summed E-state index contributed by atoms with van der Waals surface area (Å²) in [5.74, 6) is 2.36. The molecule has 0 amide bonds. The number of nitrogens with zero attached hydrogens (tertiary/aromatic N) is 4. The molecule has 1 aliphatic heterocycles. The Morgan fingerprint density at radius 3 is 2.55 bits per heavy atom. The van der Waals surface area contributed by atoms with Crippen molar-refractivity contribution < 1.29 is 9.53 Å². The molecule has 170 valence electrons. The van der Waals surface area contributed by atoms with Gasteiger partial charge in [0.05, 0.1) is 34.5 Å². The Kier molecular flexibility index (Phi) is 6.44. The number of carbonyl (C=O) groups is 1. The molecule has 1 N–H and O–H groups in total. The van der Waals surface area contributed by atoms with Crippen LogP contribution < -0.4 is 10.2 Å². The van der Waals surface area contributed by atoms with Crippen LogP contribution in [0, 0.1) is 0 Å². The standard InChI is InChI=1S/C24H23Cl2N5O2/c25-17-2-1-3-18(26)23(17)20(32)12-15-6-7-27-21(13-15)29-22-14-19(16-4-5-16)28-24(30-22)31-8-10-33-11-9-31/h1-3,6-7,13-14,16H,4-5,8-12H2,(H,27,28,29,30). The van der Waals surface area contributed by atoms with E-state index in [1.807, 2.05) is 18.2 Å². The van der Waals surface area contributed by atoms with E-state index in [-0.39, 0.29) is 12.2 Å². The maximum atomic E-state index is 12.8. The number of morpholine rings is 1. The largest absolute Gasteiger partial charge is 0.378 e. The highest BCUT2D eigenvalue weighted by molar-refractivity contribution is 6.39.